The molecule has 2 aromatic carbocycles. The number of hydrogen-bond acceptors (Lipinski definition) is 5. The Hall–Kier alpha value is -2.91. The van der Waals surface area contributed by atoms with Crippen molar-refractivity contribution in [2.75, 3.05) is 23.8 Å². The second-order valence-corrected chi connectivity index (χ2v) is 7.61. The maximum absolute atomic E-state index is 12.4. The van der Waals surface area contributed by atoms with Crippen LogP contribution in [0.4, 0.5) is 11.4 Å². The molecule has 0 bridgehead atoms. The third-order valence-corrected chi connectivity index (χ3v) is 5.29. The summed E-state index contributed by atoms with van der Waals surface area (Å²) < 4.78 is 32.5. The largest absolute Gasteiger partial charge is 0.492 e. The zero-order chi connectivity index (χ0) is 19.4. The van der Waals surface area contributed by atoms with Crippen LogP contribution in [0, 0.1) is 0 Å². The highest BCUT2D eigenvalue weighted by Gasteiger charge is 2.22. The van der Waals surface area contributed by atoms with Crippen LogP contribution in [-0.2, 0) is 26.0 Å². The Labute approximate surface area is 157 Å². The molecule has 0 saturated carbocycles. The molecule has 0 radical (unpaired) electrons. The molecule has 9 heteroatoms. The minimum atomic E-state index is -3.89. The SMILES string of the molecule is CCOc1ccccc1NC(=O)CNS(=O)(=O)c1ccc2c(c1)CC(=O)N2. The predicted molar refractivity (Wildman–Crippen MR) is 100 cm³/mol. The van der Waals surface area contributed by atoms with Gasteiger partial charge in [0.25, 0.3) is 0 Å². The lowest BCUT2D eigenvalue weighted by atomic mass is 10.2. The predicted octanol–water partition coefficient (Wildman–Crippen LogP) is 1.50. The quantitative estimate of drug-likeness (QED) is 0.664. The maximum atomic E-state index is 12.4. The summed E-state index contributed by atoms with van der Waals surface area (Å²) in [6, 6.07) is 11.2. The van der Waals surface area contributed by atoms with Crippen molar-refractivity contribution in [2.24, 2.45) is 0 Å². The van der Waals surface area contributed by atoms with Gasteiger partial charge in [0, 0.05) is 5.69 Å². The number of benzene rings is 2. The van der Waals surface area contributed by atoms with Crippen molar-refractivity contribution in [1.82, 2.24) is 4.72 Å². The second kappa shape index (κ2) is 7.77. The van der Waals surface area contributed by atoms with Crippen LogP contribution in [0.3, 0.4) is 0 Å². The Kier molecular flexibility index (Phi) is 5.43. The topological polar surface area (TPSA) is 114 Å². The molecule has 0 saturated heterocycles. The van der Waals surface area contributed by atoms with Crippen molar-refractivity contribution >= 4 is 33.2 Å². The molecular weight excluding hydrogens is 370 g/mol. The number of amides is 2. The Morgan fingerprint density at radius 3 is 2.78 bits per heavy atom. The van der Waals surface area contributed by atoms with Gasteiger partial charge in [-0.05, 0) is 42.8 Å². The minimum Gasteiger partial charge on any atom is -0.492 e. The number of hydrogen-bond donors (Lipinski definition) is 3. The summed E-state index contributed by atoms with van der Waals surface area (Å²) in [4.78, 5) is 23.5. The van der Waals surface area contributed by atoms with Crippen LogP contribution in [0.15, 0.2) is 47.4 Å². The van der Waals surface area contributed by atoms with Gasteiger partial charge in [0.1, 0.15) is 5.75 Å². The standard InChI is InChI=1S/C18H19N3O5S/c1-2-26-16-6-4-3-5-15(16)21-18(23)11-19-27(24,25)13-7-8-14-12(9-13)10-17(22)20-14/h3-9,19H,2,10-11H2,1H3,(H,20,22)(H,21,23). The number of carbonyl (C=O) groups excluding carboxylic acids is 2. The summed E-state index contributed by atoms with van der Waals surface area (Å²) in [6.07, 6.45) is 0.132. The number of sulfonamides is 1. The zero-order valence-electron chi connectivity index (χ0n) is 14.6. The maximum Gasteiger partial charge on any atom is 0.241 e. The van der Waals surface area contributed by atoms with E-state index in [4.69, 9.17) is 4.74 Å². The van der Waals surface area contributed by atoms with Gasteiger partial charge in [-0.15, -0.1) is 0 Å². The third kappa shape index (κ3) is 4.44. The summed E-state index contributed by atoms with van der Waals surface area (Å²) in [6.45, 7) is 1.83. The van der Waals surface area contributed by atoms with E-state index in [-0.39, 0.29) is 17.2 Å². The molecule has 1 heterocycles. The first-order chi connectivity index (χ1) is 12.9. The Morgan fingerprint density at radius 2 is 2.00 bits per heavy atom. The van der Waals surface area contributed by atoms with Gasteiger partial charge in [-0.25, -0.2) is 13.1 Å². The molecule has 2 aromatic rings. The average molecular weight is 389 g/mol. The molecule has 8 nitrogen and oxygen atoms in total. The van der Waals surface area contributed by atoms with Crippen molar-refractivity contribution in [1.29, 1.82) is 0 Å². The first-order valence-corrected chi connectivity index (χ1v) is 9.81. The van der Waals surface area contributed by atoms with E-state index in [1.54, 1.807) is 24.3 Å². The highest BCUT2D eigenvalue weighted by molar-refractivity contribution is 7.89. The van der Waals surface area contributed by atoms with Crippen molar-refractivity contribution in [3.05, 3.63) is 48.0 Å². The summed E-state index contributed by atoms with van der Waals surface area (Å²) >= 11 is 0. The van der Waals surface area contributed by atoms with Gasteiger partial charge >= 0.3 is 0 Å². The lowest BCUT2D eigenvalue weighted by molar-refractivity contribution is -0.115. The van der Waals surface area contributed by atoms with Gasteiger partial charge < -0.3 is 15.4 Å². The Balaban J connectivity index is 1.65. The van der Waals surface area contributed by atoms with Crippen molar-refractivity contribution < 1.29 is 22.7 Å². The number of carbonyl (C=O) groups is 2. The van der Waals surface area contributed by atoms with E-state index < -0.39 is 22.5 Å². The smallest absolute Gasteiger partial charge is 0.241 e. The number of ether oxygens (including phenoxy) is 1. The number of anilines is 2. The highest BCUT2D eigenvalue weighted by atomic mass is 32.2. The third-order valence-electron chi connectivity index (χ3n) is 3.90. The fourth-order valence-corrected chi connectivity index (χ4v) is 3.69. The van der Waals surface area contributed by atoms with Gasteiger partial charge in [-0.1, -0.05) is 12.1 Å². The molecule has 27 heavy (non-hydrogen) atoms. The van der Waals surface area contributed by atoms with Gasteiger partial charge in [0.15, 0.2) is 0 Å². The van der Waals surface area contributed by atoms with E-state index in [1.165, 1.54) is 18.2 Å². The number of para-hydroxylation sites is 2. The fraction of sp³-hybridized carbons (Fsp3) is 0.222. The van der Waals surface area contributed by atoms with E-state index in [0.29, 0.717) is 29.3 Å². The van der Waals surface area contributed by atoms with Crippen LogP contribution < -0.4 is 20.1 Å². The summed E-state index contributed by atoms with van der Waals surface area (Å²) in [7, 11) is -3.89. The molecule has 3 N–H and O–H groups in total. The zero-order valence-corrected chi connectivity index (χ0v) is 15.4. The Bertz CT molecular complexity index is 988. The van der Waals surface area contributed by atoms with Crippen molar-refractivity contribution in [3.63, 3.8) is 0 Å². The van der Waals surface area contributed by atoms with Gasteiger partial charge in [-0.3, -0.25) is 9.59 Å². The molecular formula is C18H19N3O5S. The van der Waals surface area contributed by atoms with Crippen LogP contribution in [0.2, 0.25) is 0 Å². The number of nitrogens with one attached hydrogen (secondary N) is 3. The normalized spacial score (nSPS) is 13.0. The monoisotopic (exact) mass is 389 g/mol. The summed E-state index contributed by atoms with van der Waals surface area (Å²) in [5, 5.41) is 5.26. The van der Waals surface area contributed by atoms with E-state index in [9.17, 15) is 18.0 Å². The fourth-order valence-electron chi connectivity index (χ4n) is 2.66. The van der Waals surface area contributed by atoms with Crippen LogP contribution >= 0.6 is 0 Å². The minimum absolute atomic E-state index is 0.000247. The van der Waals surface area contributed by atoms with Gasteiger partial charge in [0.2, 0.25) is 21.8 Å². The molecule has 0 atom stereocenters. The molecule has 142 valence electrons. The molecule has 0 fully saturated rings. The van der Waals surface area contributed by atoms with Crippen LogP contribution in [-0.4, -0.2) is 33.4 Å². The van der Waals surface area contributed by atoms with E-state index in [2.05, 4.69) is 15.4 Å². The van der Waals surface area contributed by atoms with Crippen molar-refractivity contribution in [2.45, 2.75) is 18.2 Å². The molecule has 0 aromatic heterocycles. The van der Waals surface area contributed by atoms with E-state index >= 15 is 0 Å². The lowest BCUT2D eigenvalue weighted by Crippen LogP contribution is -2.33. The first kappa shape index (κ1) is 18.9. The number of fused-ring (bicyclic) bond motifs is 1. The first-order valence-electron chi connectivity index (χ1n) is 8.33. The molecule has 0 aliphatic carbocycles. The molecule has 1 aliphatic heterocycles. The summed E-state index contributed by atoms with van der Waals surface area (Å²) in [5.41, 5.74) is 1.67. The molecule has 3 rings (SSSR count). The van der Waals surface area contributed by atoms with E-state index in [1.807, 2.05) is 6.92 Å². The second-order valence-electron chi connectivity index (χ2n) is 5.85. The van der Waals surface area contributed by atoms with Gasteiger partial charge in [0.05, 0.1) is 30.2 Å². The van der Waals surface area contributed by atoms with E-state index in [0.717, 1.165) is 0 Å². The van der Waals surface area contributed by atoms with Gasteiger partial charge in [-0.2, -0.15) is 0 Å². The average Bonchev–Trinajstić information content (AvgIpc) is 3.01. The number of rotatable bonds is 7. The van der Waals surface area contributed by atoms with Crippen LogP contribution in [0.25, 0.3) is 0 Å². The molecule has 0 unspecified atom stereocenters. The van der Waals surface area contributed by atoms with Crippen LogP contribution in [0.5, 0.6) is 5.75 Å². The molecule has 2 amide bonds. The highest BCUT2D eigenvalue weighted by Crippen LogP contribution is 2.26. The summed E-state index contributed by atoms with van der Waals surface area (Å²) in [5.74, 6) is -0.199. The molecule has 0 spiro atoms. The Morgan fingerprint density at radius 1 is 1.22 bits per heavy atom. The van der Waals surface area contributed by atoms with Crippen LogP contribution in [0.1, 0.15) is 12.5 Å². The molecule has 1 aliphatic rings. The lowest BCUT2D eigenvalue weighted by Gasteiger charge is -2.12. The van der Waals surface area contributed by atoms with Crippen molar-refractivity contribution in [3.8, 4) is 5.75 Å².